The molecule has 0 saturated heterocycles. The Morgan fingerprint density at radius 1 is 1.19 bits per heavy atom. The van der Waals surface area contributed by atoms with Gasteiger partial charge in [0.1, 0.15) is 6.07 Å². The second-order valence-electron chi connectivity index (χ2n) is 11.1. The number of aromatic nitrogens is 2. The van der Waals surface area contributed by atoms with Gasteiger partial charge in [0.15, 0.2) is 5.54 Å². The number of nitriles is 1. The summed E-state index contributed by atoms with van der Waals surface area (Å²) in [6.07, 6.45) is -3.84. The van der Waals surface area contributed by atoms with Crippen molar-refractivity contribution in [3.05, 3.63) is 70.2 Å². The normalized spacial score (nSPS) is 19.1. The smallest absolute Gasteiger partial charge is 0.383 e. The number of alkyl halides is 5. The first-order valence-corrected chi connectivity index (χ1v) is 13.8. The van der Waals surface area contributed by atoms with Crippen LogP contribution < -0.4 is 21.6 Å². The number of fused-ring (bicyclic) bond motifs is 1. The van der Waals surface area contributed by atoms with E-state index in [4.69, 9.17) is 11.6 Å². The number of anilines is 2. The Balaban J connectivity index is 1.40. The summed E-state index contributed by atoms with van der Waals surface area (Å²) >= 11 is 6.59. The fourth-order valence-electron chi connectivity index (χ4n) is 5.34. The molecule has 1 aliphatic heterocycles. The van der Waals surface area contributed by atoms with Gasteiger partial charge in [-0.1, -0.05) is 17.7 Å². The molecule has 4 N–H and O–H groups in total. The number of benzene rings is 1. The maximum absolute atomic E-state index is 13.9. The Morgan fingerprint density at radius 3 is 2.53 bits per heavy atom. The van der Waals surface area contributed by atoms with E-state index in [9.17, 15) is 31.6 Å². The Hall–Kier alpha value is -3.96. The molecule has 15 heteroatoms. The molecule has 0 radical (unpaired) electrons. The molecular weight excluding hydrogens is 598 g/mol. The number of hydrazine groups is 2. The molecule has 0 spiro atoms. The van der Waals surface area contributed by atoms with Crippen molar-refractivity contribution in [1.82, 2.24) is 25.9 Å². The van der Waals surface area contributed by atoms with Crippen LogP contribution in [0.2, 0.25) is 5.02 Å². The van der Waals surface area contributed by atoms with Crippen LogP contribution in [0.3, 0.4) is 0 Å². The van der Waals surface area contributed by atoms with Crippen LogP contribution in [0, 0.1) is 29.6 Å². The van der Waals surface area contributed by atoms with Gasteiger partial charge in [-0.05, 0) is 50.8 Å². The van der Waals surface area contributed by atoms with E-state index in [0.717, 1.165) is 11.1 Å². The summed E-state index contributed by atoms with van der Waals surface area (Å²) in [6, 6.07) is 6.96. The maximum atomic E-state index is 13.9. The van der Waals surface area contributed by atoms with Crippen molar-refractivity contribution in [3.8, 4) is 6.07 Å². The molecular formula is C28H25ClF6N8. The summed E-state index contributed by atoms with van der Waals surface area (Å²) in [4.78, 5) is 8.16. The molecule has 1 aromatic carbocycles. The van der Waals surface area contributed by atoms with E-state index in [0.29, 0.717) is 40.7 Å². The van der Waals surface area contributed by atoms with E-state index in [-0.39, 0.29) is 41.4 Å². The van der Waals surface area contributed by atoms with Crippen LogP contribution in [0.15, 0.2) is 42.4 Å². The highest BCUT2D eigenvalue weighted by atomic mass is 35.5. The van der Waals surface area contributed by atoms with Gasteiger partial charge in [-0.3, -0.25) is 9.99 Å². The Morgan fingerprint density at radius 2 is 1.93 bits per heavy atom. The van der Waals surface area contributed by atoms with Gasteiger partial charge in [0.25, 0.3) is 0 Å². The van der Waals surface area contributed by atoms with Crippen LogP contribution in [0.4, 0.5) is 37.7 Å². The Labute approximate surface area is 247 Å². The summed E-state index contributed by atoms with van der Waals surface area (Å²) < 4.78 is 82.7. The number of hydrogen-bond acceptors (Lipinski definition) is 8. The third-order valence-electron chi connectivity index (χ3n) is 8.34. The number of aryl methyl sites for hydroxylation is 1. The van der Waals surface area contributed by atoms with Crippen LogP contribution >= 0.6 is 11.6 Å². The molecule has 0 bridgehead atoms. The summed E-state index contributed by atoms with van der Waals surface area (Å²) in [5.74, 6) is -0.723. The molecule has 43 heavy (non-hydrogen) atoms. The number of pyridine rings is 2. The third-order valence-corrected chi connectivity index (χ3v) is 8.63. The summed E-state index contributed by atoms with van der Waals surface area (Å²) in [5, 5.41) is 17.6. The molecule has 0 unspecified atom stereocenters. The molecule has 2 aliphatic carbocycles. The zero-order valence-electron chi connectivity index (χ0n) is 22.6. The van der Waals surface area contributed by atoms with Crippen LogP contribution in [-0.2, 0) is 0 Å². The van der Waals surface area contributed by atoms with Gasteiger partial charge in [0.05, 0.1) is 33.5 Å². The third kappa shape index (κ3) is 5.14. The van der Waals surface area contributed by atoms with E-state index >= 15 is 0 Å². The van der Waals surface area contributed by atoms with Crippen molar-refractivity contribution in [2.24, 2.45) is 5.41 Å². The quantitative estimate of drug-likeness (QED) is 0.159. The van der Waals surface area contributed by atoms with Gasteiger partial charge in [-0.2, -0.15) is 22.8 Å². The molecule has 0 amide bonds. The predicted octanol–water partition coefficient (Wildman–Crippen LogP) is 6.47. The van der Waals surface area contributed by atoms with Crippen molar-refractivity contribution >= 4 is 33.9 Å². The number of hydrogen-bond donors (Lipinski definition) is 4. The van der Waals surface area contributed by atoms with Crippen LogP contribution in [-0.4, -0.2) is 39.7 Å². The highest BCUT2D eigenvalue weighted by molar-refractivity contribution is 6.35. The number of nitrogens with zero attached hydrogens (tertiary/aromatic N) is 4. The molecule has 3 heterocycles. The standard InChI is InChI=1S/C28H25ClF6N8/c1-14-17(2-3-21(30)39-14)24(20-12-43(42-41-20)27(6-7-27)28(33,34)35)40-16-8-18-22(38-13-26(4-5-26)25(31)32)15(10-36)11-37-23(18)19(29)9-16/h2-3,8-9,11-12,24-25,40-42H,4-7,13H2,1H3,(H,37,38)/t24-/m0/s1. The largest absolute Gasteiger partial charge is 0.413 e. The molecule has 1 atom stereocenters. The molecule has 6 rings (SSSR count). The average molecular weight is 623 g/mol. The SMILES string of the molecule is Cc1nc(F)ccc1[C@H](Nc1cc(Cl)c2ncc(C#N)c(NCC3(C(F)F)CC3)c2c1)C1=CN(C2(C(F)(F)F)CC2)NN1. The molecule has 8 nitrogen and oxygen atoms in total. The topological polar surface area (TPSA) is 101 Å². The highest BCUT2D eigenvalue weighted by Gasteiger charge is 2.67. The van der Waals surface area contributed by atoms with Crippen molar-refractivity contribution in [2.75, 3.05) is 17.2 Å². The van der Waals surface area contributed by atoms with E-state index in [1.807, 2.05) is 6.07 Å². The van der Waals surface area contributed by atoms with Crippen LogP contribution in [0.25, 0.3) is 10.9 Å². The molecule has 3 aromatic rings. The fourth-order valence-corrected chi connectivity index (χ4v) is 5.60. The first-order chi connectivity index (χ1) is 20.4. The summed E-state index contributed by atoms with van der Waals surface area (Å²) in [5.41, 5.74) is 4.32. The maximum Gasteiger partial charge on any atom is 0.413 e. The molecule has 3 aliphatic rings. The van der Waals surface area contributed by atoms with E-state index in [1.165, 1.54) is 18.5 Å². The first-order valence-electron chi connectivity index (χ1n) is 13.4. The Bertz CT molecular complexity index is 1660. The minimum Gasteiger partial charge on any atom is -0.383 e. The van der Waals surface area contributed by atoms with Crippen LogP contribution in [0.1, 0.15) is 48.5 Å². The highest BCUT2D eigenvalue weighted by Crippen LogP contribution is 2.54. The lowest BCUT2D eigenvalue weighted by atomic mass is 10.0. The summed E-state index contributed by atoms with van der Waals surface area (Å²) in [7, 11) is 0. The van der Waals surface area contributed by atoms with Gasteiger partial charge in [-0.15, -0.1) is 5.53 Å². The van der Waals surface area contributed by atoms with E-state index in [1.54, 1.807) is 19.1 Å². The second kappa shape index (κ2) is 10.3. The molecule has 2 saturated carbocycles. The minimum atomic E-state index is -4.48. The summed E-state index contributed by atoms with van der Waals surface area (Å²) in [6.45, 7) is 1.51. The van der Waals surface area contributed by atoms with Crippen LogP contribution in [0.5, 0.6) is 0 Å². The monoisotopic (exact) mass is 622 g/mol. The lowest BCUT2D eigenvalue weighted by Crippen LogP contribution is -2.52. The van der Waals surface area contributed by atoms with Crippen molar-refractivity contribution in [2.45, 2.75) is 56.8 Å². The molecule has 226 valence electrons. The van der Waals surface area contributed by atoms with E-state index in [2.05, 4.69) is 31.6 Å². The zero-order valence-corrected chi connectivity index (χ0v) is 23.3. The van der Waals surface area contributed by atoms with Gasteiger partial charge in [0.2, 0.25) is 12.4 Å². The van der Waals surface area contributed by atoms with Crippen molar-refractivity contribution in [1.29, 1.82) is 5.26 Å². The second-order valence-corrected chi connectivity index (χ2v) is 11.5. The average Bonchev–Trinajstić information content (AvgIpc) is 3.87. The Kier molecular flexibility index (Phi) is 7.00. The van der Waals surface area contributed by atoms with Gasteiger partial charge >= 0.3 is 6.18 Å². The van der Waals surface area contributed by atoms with Gasteiger partial charge < -0.3 is 16.1 Å². The number of rotatable bonds is 9. The van der Waals surface area contributed by atoms with Gasteiger partial charge in [-0.25, -0.2) is 13.8 Å². The number of halogens is 7. The molecule has 2 aromatic heterocycles. The minimum absolute atomic E-state index is 0.0595. The van der Waals surface area contributed by atoms with E-state index < -0.39 is 35.5 Å². The van der Waals surface area contributed by atoms with Crippen molar-refractivity contribution < 1.29 is 26.3 Å². The van der Waals surface area contributed by atoms with Gasteiger partial charge in [0, 0.05) is 46.7 Å². The number of nitrogens with one attached hydrogen (secondary N) is 4. The lowest BCUT2D eigenvalue weighted by molar-refractivity contribution is -0.195. The predicted molar refractivity (Wildman–Crippen MR) is 147 cm³/mol. The fraction of sp³-hybridized carbons (Fsp3) is 0.393. The van der Waals surface area contributed by atoms with Crippen molar-refractivity contribution in [3.63, 3.8) is 0 Å². The zero-order chi connectivity index (χ0) is 30.7. The lowest BCUT2D eigenvalue weighted by Gasteiger charge is -2.28. The first kappa shape index (κ1) is 29.1. The molecule has 2 fully saturated rings.